The van der Waals surface area contributed by atoms with Gasteiger partial charge in [0.2, 0.25) is 0 Å². The maximum absolute atomic E-state index is 11.6. The first-order chi connectivity index (χ1) is 7.02. The van der Waals surface area contributed by atoms with Crippen LogP contribution in [-0.4, -0.2) is 53.8 Å². The molecule has 0 bridgehead atoms. The van der Waals surface area contributed by atoms with Crippen molar-refractivity contribution < 1.29 is 19.4 Å². The van der Waals surface area contributed by atoms with Gasteiger partial charge in [0.1, 0.15) is 0 Å². The van der Waals surface area contributed by atoms with Gasteiger partial charge >= 0.3 is 12.0 Å². The van der Waals surface area contributed by atoms with Crippen molar-refractivity contribution in [2.24, 2.45) is 0 Å². The number of carbonyl (C=O) groups excluding carboxylic acids is 1. The number of nitrogens with one attached hydrogen (secondary N) is 1. The maximum atomic E-state index is 11.6. The molecule has 0 aromatic rings. The molecule has 86 valence electrons. The molecule has 0 saturated carbocycles. The molecule has 2 N–H and O–H groups in total. The fourth-order valence-corrected chi connectivity index (χ4v) is 1.38. The fraction of sp³-hybridized carbons (Fsp3) is 0.778. The van der Waals surface area contributed by atoms with Crippen molar-refractivity contribution in [2.75, 3.05) is 19.8 Å². The van der Waals surface area contributed by atoms with Crippen LogP contribution in [0.3, 0.4) is 0 Å². The Balaban J connectivity index is 2.63. The van der Waals surface area contributed by atoms with Gasteiger partial charge in [0.15, 0.2) is 6.04 Å². The molecule has 0 aliphatic carbocycles. The smallest absolute Gasteiger partial charge is 0.328 e. The number of hydrogen-bond acceptors (Lipinski definition) is 3. The first-order valence-corrected chi connectivity index (χ1v) is 4.90. The predicted molar refractivity (Wildman–Crippen MR) is 52.6 cm³/mol. The van der Waals surface area contributed by atoms with Crippen LogP contribution in [0, 0.1) is 0 Å². The quantitative estimate of drug-likeness (QED) is 0.675. The number of carboxylic acid groups (broad SMARTS) is 1. The third-order valence-corrected chi connectivity index (χ3v) is 2.09. The minimum atomic E-state index is -1.03. The number of carbonyl (C=O) groups is 2. The lowest BCUT2D eigenvalue weighted by molar-refractivity contribution is -0.147. The van der Waals surface area contributed by atoms with Crippen molar-refractivity contribution in [3.8, 4) is 0 Å². The summed E-state index contributed by atoms with van der Waals surface area (Å²) in [5.41, 5.74) is 0. The van der Waals surface area contributed by atoms with Gasteiger partial charge in [0, 0.05) is 12.6 Å². The molecule has 0 aromatic heterocycles. The van der Waals surface area contributed by atoms with Crippen LogP contribution in [0.4, 0.5) is 4.79 Å². The molecule has 1 unspecified atom stereocenters. The molecule has 0 spiro atoms. The molecule has 15 heavy (non-hydrogen) atoms. The van der Waals surface area contributed by atoms with Crippen molar-refractivity contribution in [2.45, 2.75) is 25.9 Å². The van der Waals surface area contributed by atoms with Gasteiger partial charge in [0.25, 0.3) is 0 Å². The summed E-state index contributed by atoms with van der Waals surface area (Å²) in [6.07, 6.45) is 0. The van der Waals surface area contributed by atoms with Crippen LogP contribution in [0.2, 0.25) is 0 Å². The van der Waals surface area contributed by atoms with Crippen LogP contribution < -0.4 is 5.32 Å². The lowest BCUT2D eigenvalue weighted by Gasteiger charge is -2.33. The molecule has 2 amide bonds. The Morgan fingerprint density at radius 1 is 1.53 bits per heavy atom. The number of morpholine rings is 1. The van der Waals surface area contributed by atoms with Gasteiger partial charge < -0.3 is 20.1 Å². The van der Waals surface area contributed by atoms with E-state index in [1.165, 1.54) is 4.90 Å². The summed E-state index contributed by atoms with van der Waals surface area (Å²) in [6, 6.07) is -1.23. The number of carboxylic acids is 1. The van der Waals surface area contributed by atoms with Crippen LogP contribution in [0.1, 0.15) is 13.8 Å². The second-order valence-corrected chi connectivity index (χ2v) is 3.73. The summed E-state index contributed by atoms with van der Waals surface area (Å²) >= 11 is 0. The van der Waals surface area contributed by atoms with E-state index in [4.69, 9.17) is 9.84 Å². The molecular weight excluding hydrogens is 200 g/mol. The van der Waals surface area contributed by atoms with Crippen molar-refractivity contribution >= 4 is 12.0 Å². The highest BCUT2D eigenvalue weighted by Crippen LogP contribution is 2.07. The Hall–Kier alpha value is -1.30. The Morgan fingerprint density at radius 3 is 2.73 bits per heavy atom. The molecule has 1 rings (SSSR count). The molecule has 1 saturated heterocycles. The zero-order chi connectivity index (χ0) is 11.4. The normalized spacial score (nSPS) is 21.5. The van der Waals surface area contributed by atoms with Crippen LogP contribution >= 0.6 is 0 Å². The van der Waals surface area contributed by atoms with Gasteiger partial charge in [0.05, 0.1) is 13.2 Å². The topological polar surface area (TPSA) is 78.9 Å². The third-order valence-electron chi connectivity index (χ3n) is 2.09. The van der Waals surface area contributed by atoms with Crippen molar-refractivity contribution in [1.82, 2.24) is 10.2 Å². The highest BCUT2D eigenvalue weighted by atomic mass is 16.5. The van der Waals surface area contributed by atoms with E-state index >= 15 is 0 Å². The number of amides is 2. The van der Waals surface area contributed by atoms with E-state index in [0.717, 1.165) is 0 Å². The van der Waals surface area contributed by atoms with Gasteiger partial charge in [-0.2, -0.15) is 0 Å². The lowest BCUT2D eigenvalue weighted by atomic mass is 10.2. The third kappa shape index (κ3) is 3.09. The fourth-order valence-electron chi connectivity index (χ4n) is 1.38. The lowest BCUT2D eigenvalue weighted by Crippen LogP contribution is -2.56. The summed E-state index contributed by atoms with van der Waals surface area (Å²) in [7, 11) is 0. The Kier molecular flexibility index (Phi) is 3.90. The van der Waals surface area contributed by atoms with E-state index in [1.807, 2.05) is 13.8 Å². The molecular formula is C9H16N2O4. The van der Waals surface area contributed by atoms with E-state index in [0.29, 0.717) is 13.2 Å². The molecule has 0 aromatic carbocycles. The Labute approximate surface area is 88.2 Å². The van der Waals surface area contributed by atoms with Gasteiger partial charge in [-0.1, -0.05) is 0 Å². The number of aliphatic carboxylic acids is 1. The first kappa shape index (κ1) is 11.8. The van der Waals surface area contributed by atoms with E-state index in [2.05, 4.69) is 5.32 Å². The minimum Gasteiger partial charge on any atom is -0.480 e. The minimum absolute atomic E-state index is 0.00482. The summed E-state index contributed by atoms with van der Waals surface area (Å²) in [4.78, 5) is 23.8. The first-order valence-electron chi connectivity index (χ1n) is 4.90. The van der Waals surface area contributed by atoms with Crippen molar-refractivity contribution in [3.63, 3.8) is 0 Å². The Bertz CT molecular complexity index is 254. The summed E-state index contributed by atoms with van der Waals surface area (Å²) < 4.78 is 5.03. The van der Waals surface area contributed by atoms with Crippen molar-refractivity contribution in [1.29, 1.82) is 0 Å². The van der Waals surface area contributed by atoms with Gasteiger partial charge in [-0.05, 0) is 13.8 Å². The van der Waals surface area contributed by atoms with Gasteiger partial charge in [-0.3, -0.25) is 0 Å². The Morgan fingerprint density at radius 2 is 2.20 bits per heavy atom. The standard InChI is InChI=1S/C9H16N2O4/c1-6(2)10-9(14)11-3-4-15-5-7(11)8(12)13/h6-7H,3-5H2,1-2H3,(H,10,14)(H,12,13). The molecule has 6 heteroatoms. The average Bonchev–Trinajstić information content (AvgIpc) is 2.16. The molecule has 1 aliphatic rings. The summed E-state index contributed by atoms with van der Waals surface area (Å²) in [6.45, 7) is 4.41. The molecule has 1 aliphatic heterocycles. The van der Waals surface area contributed by atoms with Crippen LogP contribution in [0.5, 0.6) is 0 Å². The number of ether oxygens (including phenoxy) is 1. The zero-order valence-corrected chi connectivity index (χ0v) is 8.90. The highest BCUT2D eigenvalue weighted by molar-refractivity contribution is 5.83. The van der Waals surface area contributed by atoms with Crippen LogP contribution in [-0.2, 0) is 9.53 Å². The summed E-state index contributed by atoms with van der Waals surface area (Å²) in [5, 5.41) is 11.6. The molecule has 1 heterocycles. The second-order valence-electron chi connectivity index (χ2n) is 3.73. The van der Waals surface area contributed by atoms with E-state index in [-0.39, 0.29) is 18.7 Å². The van der Waals surface area contributed by atoms with E-state index in [1.54, 1.807) is 0 Å². The predicted octanol–water partition coefficient (Wildman–Crippen LogP) is -0.110. The molecule has 6 nitrogen and oxygen atoms in total. The average molecular weight is 216 g/mol. The summed E-state index contributed by atoms with van der Waals surface area (Å²) in [5.74, 6) is -1.03. The van der Waals surface area contributed by atoms with Crippen LogP contribution in [0.25, 0.3) is 0 Å². The molecule has 1 fully saturated rings. The van der Waals surface area contributed by atoms with E-state index < -0.39 is 12.0 Å². The van der Waals surface area contributed by atoms with E-state index in [9.17, 15) is 9.59 Å². The number of nitrogens with zero attached hydrogens (tertiary/aromatic N) is 1. The second kappa shape index (κ2) is 4.97. The van der Waals surface area contributed by atoms with Crippen molar-refractivity contribution in [3.05, 3.63) is 0 Å². The number of urea groups is 1. The largest absolute Gasteiger partial charge is 0.480 e. The molecule has 0 radical (unpaired) electrons. The number of hydrogen-bond donors (Lipinski definition) is 2. The maximum Gasteiger partial charge on any atom is 0.328 e. The van der Waals surface area contributed by atoms with Gasteiger partial charge in [-0.25, -0.2) is 9.59 Å². The number of rotatable bonds is 2. The molecule has 1 atom stereocenters. The SMILES string of the molecule is CC(C)NC(=O)N1CCOCC1C(=O)O. The zero-order valence-electron chi connectivity index (χ0n) is 8.90. The van der Waals surface area contributed by atoms with Gasteiger partial charge in [-0.15, -0.1) is 0 Å². The van der Waals surface area contributed by atoms with Crippen LogP contribution in [0.15, 0.2) is 0 Å². The highest BCUT2D eigenvalue weighted by Gasteiger charge is 2.32. The monoisotopic (exact) mass is 216 g/mol.